The van der Waals surface area contributed by atoms with Crippen LogP contribution in [0.2, 0.25) is 10.0 Å². The van der Waals surface area contributed by atoms with E-state index in [1.165, 1.54) is 24.1 Å². The molecule has 2 rings (SSSR count). The number of nitrogens with zero attached hydrogens (tertiary/aromatic N) is 1. The van der Waals surface area contributed by atoms with Gasteiger partial charge in [0.2, 0.25) is 5.91 Å². The Kier molecular flexibility index (Phi) is 6.50. The van der Waals surface area contributed by atoms with Gasteiger partial charge in [0, 0.05) is 6.54 Å². The van der Waals surface area contributed by atoms with Gasteiger partial charge < -0.3 is 20.1 Å². The topological polar surface area (TPSA) is 98.9 Å². The number of piperidine rings is 1. The molecule has 2 N–H and O–H groups in total. The van der Waals surface area contributed by atoms with Gasteiger partial charge in [0.25, 0.3) is 5.91 Å². The van der Waals surface area contributed by atoms with Crippen molar-refractivity contribution in [3.05, 3.63) is 27.7 Å². The first kappa shape index (κ1) is 19.3. The molecule has 9 heteroatoms. The smallest absolute Gasteiger partial charge is 0.338 e. The van der Waals surface area contributed by atoms with E-state index in [1.54, 1.807) is 0 Å². The highest BCUT2D eigenvalue weighted by atomic mass is 35.5. The van der Waals surface area contributed by atoms with Gasteiger partial charge in [-0.2, -0.15) is 0 Å². The number of hydrogen-bond acceptors (Lipinski definition) is 5. The molecule has 136 valence electrons. The van der Waals surface area contributed by atoms with Gasteiger partial charge >= 0.3 is 5.97 Å². The molecule has 1 aliphatic heterocycles. The van der Waals surface area contributed by atoms with E-state index in [0.717, 1.165) is 12.8 Å². The fourth-order valence-electron chi connectivity index (χ4n) is 2.69. The molecule has 2 amide bonds. The number of ether oxygens (including phenoxy) is 2. The highest BCUT2D eigenvalue weighted by Crippen LogP contribution is 2.34. The number of amides is 2. The monoisotopic (exact) mass is 388 g/mol. The summed E-state index contributed by atoms with van der Waals surface area (Å²) >= 11 is 11.9. The summed E-state index contributed by atoms with van der Waals surface area (Å²) in [7, 11) is 1.40. The first-order chi connectivity index (χ1) is 11.8. The molecule has 0 unspecified atom stereocenters. The van der Waals surface area contributed by atoms with Gasteiger partial charge in [0.15, 0.2) is 12.4 Å². The molecule has 7 nitrogen and oxygen atoms in total. The Morgan fingerprint density at radius 3 is 2.44 bits per heavy atom. The lowest BCUT2D eigenvalue weighted by molar-refractivity contribution is -0.143. The number of benzene rings is 1. The number of rotatable bonds is 5. The zero-order valence-corrected chi connectivity index (χ0v) is 15.1. The van der Waals surface area contributed by atoms with Crippen LogP contribution in [0.25, 0.3) is 0 Å². The van der Waals surface area contributed by atoms with Crippen LogP contribution in [-0.2, 0) is 14.3 Å². The molecule has 0 saturated carbocycles. The molecule has 1 fully saturated rings. The number of esters is 1. The van der Waals surface area contributed by atoms with Crippen LogP contribution in [0, 0.1) is 0 Å². The van der Waals surface area contributed by atoms with Crippen LogP contribution in [0.1, 0.15) is 29.6 Å². The molecule has 1 atom stereocenters. The summed E-state index contributed by atoms with van der Waals surface area (Å²) in [6.07, 6.45) is 2.10. The van der Waals surface area contributed by atoms with Crippen molar-refractivity contribution in [1.29, 1.82) is 0 Å². The molecule has 1 saturated heterocycles. The maximum Gasteiger partial charge on any atom is 0.338 e. The van der Waals surface area contributed by atoms with Gasteiger partial charge in [-0.05, 0) is 31.4 Å². The largest absolute Gasteiger partial charge is 0.494 e. The summed E-state index contributed by atoms with van der Waals surface area (Å²) in [6.45, 7) is -0.0892. The number of nitrogens with two attached hydrogens (primary N) is 1. The third kappa shape index (κ3) is 4.55. The van der Waals surface area contributed by atoms with Crippen molar-refractivity contribution in [2.75, 3.05) is 20.3 Å². The maximum atomic E-state index is 12.3. The minimum absolute atomic E-state index is 0.0914. The van der Waals surface area contributed by atoms with Crippen molar-refractivity contribution >= 4 is 41.0 Å². The fourth-order valence-corrected chi connectivity index (χ4v) is 3.33. The van der Waals surface area contributed by atoms with Crippen LogP contribution in [-0.4, -0.2) is 49.0 Å². The summed E-state index contributed by atoms with van der Waals surface area (Å²) in [5.74, 6) is -1.54. The molecule has 0 radical (unpaired) electrons. The third-order valence-electron chi connectivity index (χ3n) is 3.92. The van der Waals surface area contributed by atoms with Crippen LogP contribution >= 0.6 is 23.2 Å². The van der Waals surface area contributed by atoms with E-state index in [0.29, 0.717) is 13.0 Å². The Labute approximate surface area is 154 Å². The Bertz CT molecular complexity index is 672. The quantitative estimate of drug-likeness (QED) is 0.777. The molecule has 1 aromatic rings. The van der Waals surface area contributed by atoms with Gasteiger partial charge in [0.1, 0.15) is 6.04 Å². The van der Waals surface area contributed by atoms with E-state index in [2.05, 4.69) is 0 Å². The number of methoxy groups -OCH3 is 1. The second-order valence-electron chi connectivity index (χ2n) is 5.55. The highest BCUT2D eigenvalue weighted by Gasteiger charge is 2.31. The van der Waals surface area contributed by atoms with Crippen LogP contribution in [0.5, 0.6) is 5.75 Å². The molecule has 1 aliphatic rings. The fraction of sp³-hybridized carbons (Fsp3) is 0.438. The molecule has 1 aromatic carbocycles. The second kappa shape index (κ2) is 8.40. The number of carbonyl (C=O) groups is 3. The summed E-state index contributed by atoms with van der Waals surface area (Å²) in [6, 6.07) is 2.02. The predicted molar refractivity (Wildman–Crippen MR) is 91.8 cm³/mol. The van der Waals surface area contributed by atoms with Crippen molar-refractivity contribution in [3.63, 3.8) is 0 Å². The van der Waals surface area contributed by atoms with Gasteiger partial charge in [-0.3, -0.25) is 9.59 Å². The van der Waals surface area contributed by atoms with Crippen molar-refractivity contribution in [2.45, 2.75) is 25.3 Å². The van der Waals surface area contributed by atoms with Gasteiger partial charge in [-0.25, -0.2) is 4.79 Å². The first-order valence-corrected chi connectivity index (χ1v) is 8.39. The maximum absolute atomic E-state index is 12.3. The lowest BCUT2D eigenvalue weighted by atomic mass is 10.0. The molecule has 0 spiro atoms. The van der Waals surface area contributed by atoms with E-state index in [9.17, 15) is 14.4 Å². The van der Waals surface area contributed by atoms with Crippen molar-refractivity contribution in [2.24, 2.45) is 5.73 Å². The lowest BCUT2D eigenvalue weighted by Gasteiger charge is -2.33. The number of primary amides is 1. The van der Waals surface area contributed by atoms with Crippen molar-refractivity contribution < 1.29 is 23.9 Å². The van der Waals surface area contributed by atoms with E-state index in [-0.39, 0.29) is 21.4 Å². The predicted octanol–water partition coefficient (Wildman–Crippen LogP) is 2.03. The standard InChI is InChI=1S/C16H18Cl2N2O5/c1-24-14-10(17)6-9(7-11(14)18)16(23)25-8-13(21)20-5-3-2-4-12(20)15(19)22/h6-7,12H,2-5,8H2,1H3,(H2,19,22)/t12-/m0/s1. The normalized spacial score (nSPS) is 17.1. The molecule has 0 aromatic heterocycles. The Morgan fingerprint density at radius 1 is 1.24 bits per heavy atom. The average molecular weight is 389 g/mol. The number of likely N-dealkylation sites (tertiary alicyclic amines) is 1. The Morgan fingerprint density at radius 2 is 1.88 bits per heavy atom. The summed E-state index contributed by atoms with van der Waals surface area (Å²) in [5, 5.41) is 0.302. The Hall–Kier alpha value is -1.99. The first-order valence-electron chi connectivity index (χ1n) is 7.64. The van der Waals surface area contributed by atoms with Crippen molar-refractivity contribution in [1.82, 2.24) is 4.90 Å². The van der Waals surface area contributed by atoms with Gasteiger partial charge in [0.05, 0.1) is 22.7 Å². The molecule has 25 heavy (non-hydrogen) atoms. The summed E-state index contributed by atoms with van der Waals surface area (Å²) < 4.78 is 10.0. The van der Waals surface area contributed by atoms with E-state index in [1.807, 2.05) is 0 Å². The van der Waals surface area contributed by atoms with Crippen LogP contribution < -0.4 is 10.5 Å². The molecule has 1 heterocycles. The lowest BCUT2D eigenvalue weighted by Crippen LogP contribution is -2.51. The van der Waals surface area contributed by atoms with Crippen molar-refractivity contribution in [3.8, 4) is 5.75 Å². The average Bonchev–Trinajstić information content (AvgIpc) is 2.58. The summed E-state index contributed by atoms with van der Waals surface area (Å²) in [5.41, 5.74) is 5.41. The summed E-state index contributed by atoms with van der Waals surface area (Å²) in [4.78, 5) is 37.2. The third-order valence-corrected chi connectivity index (χ3v) is 4.48. The number of carbonyl (C=O) groups excluding carboxylic acids is 3. The van der Waals surface area contributed by atoms with E-state index in [4.69, 9.17) is 38.4 Å². The minimum atomic E-state index is -0.757. The van der Waals surface area contributed by atoms with Crippen LogP contribution in [0.4, 0.5) is 0 Å². The van der Waals surface area contributed by atoms with Gasteiger partial charge in [-0.15, -0.1) is 0 Å². The zero-order chi connectivity index (χ0) is 18.6. The van der Waals surface area contributed by atoms with Crippen LogP contribution in [0.3, 0.4) is 0 Å². The van der Waals surface area contributed by atoms with Crippen LogP contribution in [0.15, 0.2) is 12.1 Å². The minimum Gasteiger partial charge on any atom is -0.494 e. The van der Waals surface area contributed by atoms with Gasteiger partial charge in [-0.1, -0.05) is 23.2 Å². The molecular weight excluding hydrogens is 371 g/mol. The van der Waals surface area contributed by atoms with E-state index < -0.39 is 30.4 Å². The highest BCUT2D eigenvalue weighted by molar-refractivity contribution is 6.37. The zero-order valence-electron chi connectivity index (χ0n) is 13.6. The van der Waals surface area contributed by atoms with E-state index >= 15 is 0 Å². The second-order valence-corrected chi connectivity index (χ2v) is 6.36. The number of hydrogen-bond donors (Lipinski definition) is 1. The SMILES string of the molecule is COc1c(Cl)cc(C(=O)OCC(=O)N2CCCC[C@H]2C(N)=O)cc1Cl. The molecule has 0 bridgehead atoms. The molecular formula is C16H18Cl2N2O5. The Balaban J connectivity index is 2.02. The number of halogens is 2. The molecule has 0 aliphatic carbocycles.